The Morgan fingerprint density at radius 1 is 1.33 bits per heavy atom. The molecule has 6 nitrogen and oxygen atoms in total. The van der Waals surface area contributed by atoms with Crippen LogP contribution in [0.1, 0.15) is 45.0 Å². The maximum Gasteiger partial charge on any atom is 0.315 e. The number of nitrogens with zero attached hydrogens (tertiary/aromatic N) is 3. The summed E-state index contributed by atoms with van der Waals surface area (Å²) in [6.07, 6.45) is 7.35. The molecule has 130 valence electrons. The molecular weight excluding hydrogens is 322 g/mol. The first kappa shape index (κ1) is 17.1. The molecule has 24 heavy (non-hydrogen) atoms. The normalized spacial score (nSPS) is 22.0. The Kier molecular flexibility index (Phi) is 5.28. The van der Waals surface area contributed by atoms with E-state index < -0.39 is 0 Å². The van der Waals surface area contributed by atoms with Gasteiger partial charge in [0.1, 0.15) is 0 Å². The quantitative estimate of drug-likeness (QED) is 0.872. The number of hydrogen-bond donors (Lipinski definition) is 2. The third-order valence-corrected chi connectivity index (χ3v) is 5.72. The Morgan fingerprint density at radius 3 is 2.88 bits per heavy atom. The number of carbonyl (C=O) groups excluding carboxylic acids is 1. The number of pyridine rings is 1. The fraction of sp³-hybridized carbons (Fsp3) is 0.588. The van der Waals surface area contributed by atoms with Crippen LogP contribution >= 0.6 is 11.8 Å². The number of urea groups is 1. The van der Waals surface area contributed by atoms with Crippen molar-refractivity contribution in [1.82, 2.24) is 25.2 Å². The molecule has 2 aromatic heterocycles. The van der Waals surface area contributed by atoms with Crippen LogP contribution in [0.2, 0.25) is 0 Å². The van der Waals surface area contributed by atoms with E-state index >= 15 is 0 Å². The molecule has 2 N–H and O–H groups in total. The zero-order valence-electron chi connectivity index (χ0n) is 14.4. The highest BCUT2D eigenvalue weighted by atomic mass is 32.2. The summed E-state index contributed by atoms with van der Waals surface area (Å²) in [7, 11) is 0. The molecule has 1 aliphatic rings. The van der Waals surface area contributed by atoms with Crippen molar-refractivity contribution in [2.24, 2.45) is 5.92 Å². The van der Waals surface area contributed by atoms with Crippen LogP contribution in [0.5, 0.6) is 0 Å². The lowest BCUT2D eigenvalue weighted by atomic mass is 10.0. The van der Waals surface area contributed by atoms with E-state index in [0.717, 1.165) is 24.3 Å². The second kappa shape index (κ2) is 7.42. The molecule has 0 radical (unpaired) electrons. The van der Waals surface area contributed by atoms with Crippen molar-refractivity contribution in [3.63, 3.8) is 0 Å². The third-order valence-electron chi connectivity index (χ3n) is 4.62. The van der Waals surface area contributed by atoms with Gasteiger partial charge < -0.3 is 10.6 Å². The fourth-order valence-electron chi connectivity index (χ4n) is 3.25. The molecule has 0 spiro atoms. The molecule has 0 unspecified atom stereocenters. The van der Waals surface area contributed by atoms with Gasteiger partial charge in [-0.25, -0.2) is 4.79 Å². The van der Waals surface area contributed by atoms with Crippen molar-refractivity contribution in [3.8, 4) is 0 Å². The predicted molar refractivity (Wildman–Crippen MR) is 97.2 cm³/mol. The highest BCUT2D eigenvalue weighted by Gasteiger charge is 2.28. The molecule has 0 aliphatic heterocycles. The number of fused-ring (bicyclic) bond motifs is 1. The van der Waals surface area contributed by atoms with E-state index in [4.69, 9.17) is 0 Å². The topological polar surface area (TPSA) is 71.3 Å². The van der Waals surface area contributed by atoms with Crippen LogP contribution < -0.4 is 10.6 Å². The second-order valence-electron chi connectivity index (χ2n) is 6.69. The number of hydrogen-bond acceptors (Lipinski definition) is 4. The molecule has 1 saturated carbocycles. The minimum atomic E-state index is -0.180. The van der Waals surface area contributed by atoms with E-state index in [1.165, 1.54) is 6.42 Å². The second-order valence-corrected chi connectivity index (χ2v) is 7.83. The molecule has 0 saturated heterocycles. The van der Waals surface area contributed by atoms with Gasteiger partial charge in [0.25, 0.3) is 0 Å². The highest BCUT2D eigenvalue weighted by Crippen LogP contribution is 2.28. The van der Waals surface area contributed by atoms with Gasteiger partial charge in [-0.05, 0) is 43.6 Å². The maximum atomic E-state index is 12.5. The molecule has 2 aromatic rings. The van der Waals surface area contributed by atoms with E-state index in [2.05, 4.69) is 40.9 Å². The summed E-state index contributed by atoms with van der Waals surface area (Å²) in [5.41, 5.74) is 0.791. The summed E-state index contributed by atoms with van der Waals surface area (Å²) < 4.78 is 1.93. The van der Waals surface area contributed by atoms with E-state index in [1.807, 2.05) is 40.6 Å². The van der Waals surface area contributed by atoms with Gasteiger partial charge in [0.2, 0.25) is 0 Å². The molecule has 3 rings (SSSR count). The Morgan fingerprint density at radius 2 is 2.17 bits per heavy atom. The Balaban J connectivity index is 1.69. The molecule has 2 heterocycles. The van der Waals surface area contributed by atoms with Gasteiger partial charge in [-0.15, -0.1) is 10.2 Å². The number of aromatic nitrogens is 3. The van der Waals surface area contributed by atoms with E-state index in [0.29, 0.717) is 5.25 Å². The smallest absolute Gasteiger partial charge is 0.315 e. The van der Waals surface area contributed by atoms with E-state index in [9.17, 15) is 4.79 Å². The molecule has 1 fully saturated rings. The maximum absolute atomic E-state index is 12.5. The molecule has 0 bridgehead atoms. The van der Waals surface area contributed by atoms with Gasteiger partial charge >= 0.3 is 6.03 Å². The summed E-state index contributed by atoms with van der Waals surface area (Å²) in [5.74, 6) is 0.982. The zero-order chi connectivity index (χ0) is 17.1. The van der Waals surface area contributed by atoms with Crippen molar-refractivity contribution < 1.29 is 4.79 Å². The van der Waals surface area contributed by atoms with Gasteiger partial charge in [0.05, 0.1) is 6.04 Å². The van der Waals surface area contributed by atoms with Gasteiger partial charge in [-0.2, -0.15) is 11.8 Å². The fourth-order valence-corrected chi connectivity index (χ4v) is 4.05. The zero-order valence-corrected chi connectivity index (χ0v) is 15.2. The van der Waals surface area contributed by atoms with Crippen molar-refractivity contribution in [2.45, 2.75) is 50.4 Å². The van der Waals surface area contributed by atoms with Crippen molar-refractivity contribution in [2.75, 3.05) is 6.26 Å². The summed E-state index contributed by atoms with van der Waals surface area (Å²) >= 11 is 1.89. The standard InChI is InChI=1S/C17H25N5OS/c1-11(2)15(16-21-20-14-6-4-5-9-22(14)16)19-17(23)18-12-7-8-13(10-12)24-3/h4-6,9,11-13,15H,7-8,10H2,1-3H3,(H2,18,19,23)/t12-,13-,15-/m1/s1. The monoisotopic (exact) mass is 347 g/mol. The number of thioether (sulfide) groups is 1. The SMILES string of the molecule is CS[C@@H]1CC[C@@H](NC(=O)N[C@@H](c2nnc3ccccn23)C(C)C)C1. The molecule has 3 atom stereocenters. The average Bonchev–Trinajstić information content (AvgIpc) is 3.19. The molecule has 0 aromatic carbocycles. The lowest BCUT2D eigenvalue weighted by Gasteiger charge is -2.22. The van der Waals surface area contributed by atoms with Gasteiger partial charge in [0, 0.05) is 17.5 Å². The van der Waals surface area contributed by atoms with Gasteiger partial charge in [-0.3, -0.25) is 4.40 Å². The van der Waals surface area contributed by atoms with Crippen LogP contribution in [-0.2, 0) is 0 Å². The molecular formula is C17H25N5OS. The van der Waals surface area contributed by atoms with Crippen LogP contribution in [-0.4, -0.2) is 38.2 Å². The summed E-state index contributed by atoms with van der Waals surface area (Å²) in [4.78, 5) is 12.5. The largest absolute Gasteiger partial charge is 0.335 e. The first-order valence-electron chi connectivity index (χ1n) is 8.48. The van der Waals surface area contributed by atoms with E-state index in [1.54, 1.807) is 0 Å². The van der Waals surface area contributed by atoms with Crippen LogP contribution in [0.15, 0.2) is 24.4 Å². The first-order valence-corrected chi connectivity index (χ1v) is 9.76. The Labute approximate surface area is 146 Å². The van der Waals surface area contributed by atoms with Crippen molar-refractivity contribution in [3.05, 3.63) is 30.2 Å². The number of rotatable bonds is 5. The third kappa shape index (κ3) is 3.66. The van der Waals surface area contributed by atoms with Gasteiger partial charge in [0.15, 0.2) is 11.5 Å². The summed E-state index contributed by atoms with van der Waals surface area (Å²) in [5, 5.41) is 15.4. The minimum Gasteiger partial charge on any atom is -0.335 e. The predicted octanol–water partition coefficient (Wildman–Crippen LogP) is 3.01. The van der Waals surface area contributed by atoms with Crippen LogP contribution in [0.3, 0.4) is 0 Å². The highest BCUT2D eigenvalue weighted by molar-refractivity contribution is 7.99. The number of nitrogens with one attached hydrogen (secondary N) is 2. The molecule has 7 heteroatoms. The minimum absolute atomic E-state index is 0.117. The van der Waals surface area contributed by atoms with E-state index in [-0.39, 0.29) is 24.0 Å². The molecule has 1 aliphatic carbocycles. The van der Waals surface area contributed by atoms with Crippen LogP contribution in [0, 0.1) is 5.92 Å². The van der Waals surface area contributed by atoms with Crippen LogP contribution in [0.25, 0.3) is 5.65 Å². The molecule has 2 amide bonds. The summed E-state index contributed by atoms with van der Waals surface area (Å²) in [6.45, 7) is 4.16. The average molecular weight is 347 g/mol. The van der Waals surface area contributed by atoms with Crippen molar-refractivity contribution in [1.29, 1.82) is 0 Å². The Bertz CT molecular complexity index is 701. The first-order chi connectivity index (χ1) is 11.6. The van der Waals surface area contributed by atoms with Gasteiger partial charge in [-0.1, -0.05) is 19.9 Å². The lowest BCUT2D eigenvalue weighted by Crippen LogP contribution is -2.44. The van der Waals surface area contributed by atoms with Crippen LogP contribution in [0.4, 0.5) is 4.79 Å². The Hall–Kier alpha value is -1.76. The number of amides is 2. The number of carbonyl (C=O) groups is 1. The van der Waals surface area contributed by atoms with Crippen molar-refractivity contribution >= 4 is 23.4 Å². The lowest BCUT2D eigenvalue weighted by molar-refractivity contribution is 0.228. The summed E-state index contributed by atoms with van der Waals surface area (Å²) in [6, 6.07) is 5.76.